The molecule has 2 heterocycles. The third-order valence-electron chi connectivity index (χ3n) is 5.38. The van der Waals surface area contributed by atoms with Gasteiger partial charge in [0.15, 0.2) is 0 Å². The summed E-state index contributed by atoms with van der Waals surface area (Å²) in [5.74, 6) is 1.13. The van der Waals surface area contributed by atoms with Gasteiger partial charge >= 0.3 is 0 Å². The van der Waals surface area contributed by atoms with Crippen LogP contribution in [0.25, 0.3) is 0 Å². The molecule has 0 saturated carbocycles. The summed E-state index contributed by atoms with van der Waals surface area (Å²) in [5, 5.41) is 6.38. The lowest BCUT2D eigenvalue weighted by molar-refractivity contribution is -0.122. The molecule has 5 heteroatoms. The van der Waals surface area contributed by atoms with Crippen molar-refractivity contribution < 1.29 is 9.53 Å². The molecule has 0 saturated heterocycles. The Kier molecular flexibility index (Phi) is 5.58. The van der Waals surface area contributed by atoms with Gasteiger partial charge in [-0.15, -0.1) is 0 Å². The monoisotopic (exact) mass is 387 g/mol. The molecule has 3 aromatic rings. The Hall–Kier alpha value is -3.18. The van der Waals surface area contributed by atoms with E-state index in [4.69, 9.17) is 4.74 Å². The highest BCUT2D eigenvalue weighted by Gasteiger charge is 2.25. The molecule has 0 bridgehead atoms. The average Bonchev–Trinajstić information content (AvgIpc) is 2.74. The van der Waals surface area contributed by atoms with Gasteiger partial charge < -0.3 is 15.4 Å². The van der Waals surface area contributed by atoms with E-state index >= 15 is 0 Å². The number of nitrogens with one attached hydrogen (secondary N) is 2. The molecule has 1 aromatic heterocycles. The Morgan fingerprint density at radius 1 is 1.14 bits per heavy atom. The first kappa shape index (κ1) is 19.2. The number of pyridine rings is 1. The predicted octanol–water partition coefficient (Wildman–Crippen LogP) is 3.99. The standard InChI is InChI=1S/C24H25N3O2/c1-16-7-8-20(11-17(16)2)29-23-12-18(9-10-26-23)13-27-24(28)22-15-25-14-19-5-3-4-6-21(19)22/h3-12,22,25H,13-15H2,1-2H3,(H,27,28). The van der Waals surface area contributed by atoms with E-state index in [2.05, 4.69) is 35.5 Å². The maximum Gasteiger partial charge on any atom is 0.229 e. The average molecular weight is 387 g/mol. The lowest BCUT2D eigenvalue weighted by atomic mass is 9.90. The maximum absolute atomic E-state index is 12.8. The van der Waals surface area contributed by atoms with Gasteiger partial charge in [-0.05, 0) is 59.9 Å². The number of carbonyl (C=O) groups is 1. The molecule has 29 heavy (non-hydrogen) atoms. The van der Waals surface area contributed by atoms with E-state index in [1.165, 1.54) is 16.7 Å². The molecule has 2 aromatic carbocycles. The molecule has 1 aliphatic heterocycles. The molecular weight excluding hydrogens is 362 g/mol. The van der Waals surface area contributed by atoms with Gasteiger partial charge in [0.25, 0.3) is 0 Å². The van der Waals surface area contributed by atoms with E-state index in [1.54, 1.807) is 6.20 Å². The van der Waals surface area contributed by atoms with Crippen LogP contribution in [0.1, 0.15) is 33.7 Å². The minimum atomic E-state index is -0.173. The normalized spacial score (nSPS) is 15.4. The molecule has 2 N–H and O–H groups in total. The number of hydrogen-bond donors (Lipinski definition) is 2. The van der Waals surface area contributed by atoms with Crippen LogP contribution in [-0.4, -0.2) is 17.4 Å². The fourth-order valence-electron chi connectivity index (χ4n) is 3.56. The van der Waals surface area contributed by atoms with Gasteiger partial charge in [0.1, 0.15) is 5.75 Å². The van der Waals surface area contributed by atoms with Gasteiger partial charge in [0.2, 0.25) is 11.8 Å². The van der Waals surface area contributed by atoms with Crippen LogP contribution in [0.2, 0.25) is 0 Å². The molecular formula is C24H25N3O2. The summed E-state index contributed by atoms with van der Waals surface area (Å²) in [4.78, 5) is 17.1. The number of aromatic nitrogens is 1. The molecule has 0 aliphatic carbocycles. The number of aryl methyl sites for hydroxylation is 2. The number of nitrogens with zero attached hydrogens (tertiary/aromatic N) is 1. The van der Waals surface area contributed by atoms with Crippen molar-refractivity contribution in [2.75, 3.05) is 6.54 Å². The summed E-state index contributed by atoms with van der Waals surface area (Å²) in [5.41, 5.74) is 5.64. The Balaban J connectivity index is 1.41. The van der Waals surface area contributed by atoms with Crippen molar-refractivity contribution in [2.45, 2.75) is 32.9 Å². The van der Waals surface area contributed by atoms with Crippen LogP contribution in [0.15, 0.2) is 60.8 Å². The molecule has 1 amide bonds. The van der Waals surface area contributed by atoms with Crippen molar-refractivity contribution >= 4 is 5.91 Å². The van der Waals surface area contributed by atoms with Crippen molar-refractivity contribution in [3.05, 3.63) is 88.6 Å². The number of amides is 1. The summed E-state index contributed by atoms with van der Waals surface area (Å²) in [6.45, 7) is 6.02. The molecule has 5 nitrogen and oxygen atoms in total. The van der Waals surface area contributed by atoms with Gasteiger partial charge in [0, 0.05) is 31.9 Å². The van der Waals surface area contributed by atoms with E-state index in [-0.39, 0.29) is 11.8 Å². The van der Waals surface area contributed by atoms with Crippen molar-refractivity contribution in [1.29, 1.82) is 0 Å². The van der Waals surface area contributed by atoms with Gasteiger partial charge in [-0.3, -0.25) is 4.79 Å². The van der Waals surface area contributed by atoms with Crippen molar-refractivity contribution in [3.63, 3.8) is 0 Å². The zero-order chi connectivity index (χ0) is 20.2. The number of ether oxygens (including phenoxy) is 1. The SMILES string of the molecule is Cc1ccc(Oc2cc(CNC(=O)C3CNCc4ccccc43)ccn2)cc1C. The Morgan fingerprint density at radius 2 is 2.00 bits per heavy atom. The number of rotatable bonds is 5. The number of hydrogen-bond acceptors (Lipinski definition) is 4. The van der Waals surface area contributed by atoms with Crippen molar-refractivity contribution in [1.82, 2.24) is 15.6 Å². The zero-order valence-electron chi connectivity index (χ0n) is 16.7. The Morgan fingerprint density at radius 3 is 2.86 bits per heavy atom. The summed E-state index contributed by atoms with van der Waals surface area (Å²) >= 11 is 0. The number of fused-ring (bicyclic) bond motifs is 1. The van der Waals surface area contributed by atoms with Crippen LogP contribution in [0.3, 0.4) is 0 Å². The van der Waals surface area contributed by atoms with Crippen LogP contribution < -0.4 is 15.4 Å². The van der Waals surface area contributed by atoms with Gasteiger partial charge in [-0.2, -0.15) is 0 Å². The molecule has 0 spiro atoms. The zero-order valence-corrected chi connectivity index (χ0v) is 16.7. The summed E-state index contributed by atoms with van der Waals surface area (Å²) < 4.78 is 5.89. The molecule has 148 valence electrons. The summed E-state index contributed by atoms with van der Waals surface area (Å²) in [6.07, 6.45) is 1.70. The topological polar surface area (TPSA) is 63.2 Å². The first-order valence-electron chi connectivity index (χ1n) is 9.86. The molecule has 1 atom stereocenters. The minimum absolute atomic E-state index is 0.0260. The van der Waals surface area contributed by atoms with Gasteiger partial charge in [0.05, 0.1) is 5.92 Å². The van der Waals surface area contributed by atoms with E-state index < -0.39 is 0 Å². The molecule has 1 aliphatic rings. The fraction of sp³-hybridized carbons (Fsp3) is 0.250. The molecule has 1 unspecified atom stereocenters. The van der Waals surface area contributed by atoms with Crippen LogP contribution >= 0.6 is 0 Å². The fourth-order valence-corrected chi connectivity index (χ4v) is 3.56. The van der Waals surface area contributed by atoms with E-state index in [1.807, 2.05) is 48.5 Å². The Labute approximate surface area is 171 Å². The van der Waals surface area contributed by atoms with Gasteiger partial charge in [-0.1, -0.05) is 30.3 Å². The van der Waals surface area contributed by atoms with E-state index in [9.17, 15) is 4.79 Å². The van der Waals surface area contributed by atoms with Crippen LogP contribution in [0, 0.1) is 13.8 Å². The minimum Gasteiger partial charge on any atom is -0.439 e. The summed E-state index contributed by atoms with van der Waals surface area (Å²) in [6, 6.07) is 17.8. The first-order chi connectivity index (χ1) is 14.1. The second kappa shape index (κ2) is 8.45. The molecule has 0 fully saturated rings. The van der Waals surface area contributed by atoms with Gasteiger partial charge in [-0.25, -0.2) is 4.98 Å². The Bertz CT molecular complexity index is 1030. The lowest BCUT2D eigenvalue weighted by Crippen LogP contribution is -2.38. The van der Waals surface area contributed by atoms with Crippen molar-refractivity contribution in [2.24, 2.45) is 0 Å². The number of carbonyl (C=O) groups excluding carboxylic acids is 1. The second-order valence-corrected chi connectivity index (χ2v) is 7.45. The van der Waals surface area contributed by atoms with E-state index in [0.29, 0.717) is 19.0 Å². The molecule has 4 rings (SSSR count). The lowest BCUT2D eigenvalue weighted by Gasteiger charge is -2.25. The quantitative estimate of drug-likeness (QED) is 0.695. The third kappa shape index (κ3) is 4.46. The second-order valence-electron chi connectivity index (χ2n) is 7.45. The predicted molar refractivity (Wildman–Crippen MR) is 113 cm³/mol. The van der Waals surface area contributed by atoms with Crippen LogP contribution in [-0.2, 0) is 17.9 Å². The smallest absolute Gasteiger partial charge is 0.229 e. The largest absolute Gasteiger partial charge is 0.439 e. The number of benzene rings is 2. The van der Waals surface area contributed by atoms with E-state index in [0.717, 1.165) is 23.4 Å². The van der Waals surface area contributed by atoms with Crippen LogP contribution in [0.5, 0.6) is 11.6 Å². The molecule has 0 radical (unpaired) electrons. The summed E-state index contributed by atoms with van der Waals surface area (Å²) in [7, 11) is 0. The van der Waals surface area contributed by atoms with Crippen LogP contribution in [0.4, 0.5) is 0 Å². The van der Waals surface area contributed by atoms with Crippen molar-refractivity contribution in [3.8, 4) is 11.6 Å². The third-order valence-corrected chi connectivity index (χ3v) is 5.38. The maximum atomic E-state index is 12.8. The highest BCUT2D eigenvalue weighted by atomic mass is 16.5. The first-order valence-corrected chi connectivity index (χ1v) is 9.86. The highest BCUT2D eigenvalue weighted by Crippen LogP contribution is 2.25. The highest BCUT2D eigenvalue weighted by molar-refractivity contribution is 5.84.